The Morgan fingerprint density at radius 1 is 1.54 bits per heavy atom. The second-order valence-electron chi connectivity index (χ2n) is 4.16. The number of carbonyl (C=O) groups is 1. The van der Waals surface area contributed by atoms with Gasteiger partial charge in [-0.15, -0.1) is 0 Å². The Morgan fingerprint density at radius 2 is 2.08 bits per heavy atom. The minimum atomic E-state index is -0.349. The predicted molar refractivity (Wildman–Crippen MR) is 51.8 cm³/mol. The molecular formula is C9H20N2O2. The van der Waals surface area contributed by atoms with Gasteiger partial charge < -0.3 is 5.73 Å². The first kappa shape index (κ1) is 12.4. The molecule has 0 radical (unpaired) electrons. The lowest BCUT2D eigenvalue weighted by molar-refractivity contribution is -0.149. The van der Waals surface area contributed by atoms with E-state index in [9.17, 15) is 4.79 Å². The first-order valence-electron chi connectivity index (χ1n) is 4.54. The molecule has 0 bridgehead atoms. The molecule has 1 unspecified atom stereocenters. The topological polar surface area (TPSA) is 64.4 Å². The first-order valence-corrected chi connectivity index (χ1v) is 4.54. The van der Waals surface area contributed by atoms with Gasteiger partial charge in [-0.2, -0.15) is 0 Å². The summed E-state index contributed by atoms with van der Waals surface area (Å²) in [5.74, 6) is -0.201. The highest BCUT2D eigenvalue weighted by molar-refractivity contribution is 5.77. The Morgan fingerprint density at radius 3 is 2.46 bits per heavy atom. The second kappa shape index (κ2) is 5.19. The molecule has 3 N–H and O–H groups in total. The van der Waals surface area contributed by atoms with Crippen molar-refractivity contribution in [2.45, 2.75) is 39.7 Å². The van der Waals surface area contributed by atoms with Crippen LogP contribution in [0.5, 0.6) is 0 Å². The summed E-state index contributed by atoms with van der Waals surface area (Å²) in [6, 6.07) is 0. The monoisotopic (exact) mass is 188 g/mol. The highest BCUT2D eigenvalue weighted by Gasteiger charge is 2.16. The number of hydroxylamine groups is 1. The fraction of sp³-hybridized carbons (Fsp3) is 0.889. The van der Waals surface area contributed by atoms with E-state index in [4.69, 9.17) is 10.6 Å². The van der Waals surface area contributed by atoms with E-state index in [1.54, 1.807) is 0 Å². The van der Waals surface area contributed by atoms with Crippen molar-refractivity contribution < 1.29 is 9.63 Å². The van der Waals surface area contributed by atoms with Crippen LogP contribution in [0, 0.1) is 5.92 Å². The standard InChI is InChI=1S/C9H20N2O2/c1-7(5-6-10)8(12)11-13-9(2,3)4/h7H,5-6,10H2,1-4H3,(H,11,12). The molecule has 0 fully saturated rings. The molecule has 0 aromatic rings. The van der Waals surface area contributed by atoms with Crippen molar-refractivity contribution in [1.82, 2.24) is 5.48 Å². The van der Waals surface area contributed by atoms with Crippen molar-refractivity contribution in [1.29, 1.82) is 0 Å². The summed E-state index contributed by atoms with van der Waals surface area (Å²) in [7, 11) is 0. The Balaban J connectivity index is 3.74. The smallest absolute Gasteiger partial charge is 0.246 e. The fourth-order valence-electron chi connectivity index (χ4n) is 0.685. The van der Waals surface area contributed by atoms with Gasteiger partial charge in [0.05, 0.1) is 5.60 Å². The van der Waals surface area contributed by atoms with E-state index in [2.05, 4.69) is 5.48 Å². The Labute approximate surface area is 79.8 Å². The fourth-order valence-corrected chi connectivity index (χ4v) is 0.685. The Hall–Kier alpha value is -0.610. The van der Waals surface area contributed by atoms with Gasteiger partial charge in [0.1, 0.15) is 0 Å². The molecular weight excluding hydrogens is 168 g/mol. The van der Waals surface area contributed by atoms with Crippen LogP contribution in [-0.4, -0.2) is 18.1 Å². The van der Waals surface area contributed by atoms with Crippen LogP contribution >= 0.6 is 0 Å². The van der Waals surface area contributed by atoms with E-state index in [0.717, 1.165) is 0 Å². The summed E-state index contributed by atoms with van der Waals surface area (Å²) < 4.78 is 0. The van der Waals surface area contributed by atoms with Crippen LogP contribution in [0.4, 0.5) is 0 Å². The highest BCUT2D eigenvalue weighted by Crippen LogP contribution is 2.05. The SMILES string of the molecule is CC(CCN)C(=O)NOC(C)(C)C. The van der Waals surface area contributed by atoms with Gasteiger partial charge in [-0.3, -0.25) is 9.63 Å². The van der Waals surface area contributed by atoms with Gasteiger partial charge in [0.25, 0.3) is 0 Å². The van der Waals surface area contributed by atoms with Crippen molar-refractivity contribution in [2.24, 2.45) is 11.7 Å². The van der Waals surface area contributed by atoms with Crippen LogP contribution in [0.3, 0.4) is 0 Å². The summed E-state index contributed by atoms with van der Waals surface area (Å²) >= 11 is 0. The van der Waals surface area contributed by atoms with Crippen LogP contribution in [-0.2, 0) is 9.63 Å². The molecule has 1 atom stereocenters. The van der Waals surface area contributed by atoms with E-state index in [1.165, 1.54) is 0 Å². The minimum absolute atomic E-state index is 0.0904. The van der Waals surface area contributed by atoms with Gasteiger partial charge in [-0.1, -0.05) is 6.92 Å². The first-order chi connectivity index (χ1) is 5.87. The highest BCUT2D eigenvalue weighted by atomic mass is 16.7. The summed E-state index contributed by atoms with van der Waals surface area (Å²) in [6.07, 6.45) is 0.680. The van der Waals surface area contributed by atoms with E-state index in [0.29, 0.717) is 13.0 Å². The van der Waals surface area contributed by atoms with Crippen molar-refractivity contribution >= 4 is 5.91 Å². The summed E-state index contributed by atoms with van der Waals surface area (Å²) in [4.78, 5) is 16.4. The van der Waals surface area contributed by atoms with E-state index < -0.39 is 0 Å². The van der Waals surface area contributed by atoms with Gasteiger partial charge in [-0.25, -0.2) is 5.48 Å². The largest absolute Gasteiger partial charge is 0.330 e. The Kier molecular flexibility index (Phi) is 4.95. The molecule has 0 aliphatic heterocycles. The minimum Gasteiger partial charge on any atom is -0.330 e. The maximum absolute atomic E-state index is 11.3. The predicted octanol–water partition coefficient (Wildman–Crippen LogP) is 0.818. The number of rotatable bonds is 4. The van der Waals surface area contributed by atoms with Crippen LogP contribution in [0.2, 0.25) is 0 Å². The lowest BCUT2D eigenvalue weighted by atomic mass is 10.1. The van der Waals surface area contributed by atoms with Crippen molar-refractivity contribution in [3.05, 3.63) is 0 Å². The third-order valence-electron chi connectivity index (χ3n) is 1.51. The maximum atomic E-state index is 11.3. The molecule has 4 heteroatoms. The molecule has 1 amide bonds. The zero-order chi connectivity index (χ0) is 10.5. The summed E-state index contributed by atoms with van der Waals surface area (Å²) in [6.45, 7) is 7.97. The number of nitrogens with one attached hydrogen (secondary N) is 1. The third kappa shape index (κ3) is 6.54. The van der Waals surface area contributed by atoms with E-state index in [-0.39, 0.29) is 17.4 Å². The molecule has 0 aliphatic rings. The quantitative estimate of drug-likeness (QED) is 0.642. The number of nitrogens with two attached hydrogens (primary N) is 1. The lowest BCUT2D eigenvalue weighted by Gasteiger charge is -2.20. The molecule has 0 saturated carbocycles. The second-order valence-corrected chi connectivity index (χ2v) is 4.16. The molecule has 0 aliphatic carbocycles. The molecule has 0 saturated heterocycles. The number of carbonyl (C=O) groups excluding carboxylic acids is 1. The van der Waals surface area contributed by atoms with Gasteiger partial charge in [0.2, 0.25) is 5.91 Å². The van der Waals surface area contributed by atoms with Gasteiger partial charge in [-0.05, 0) is 33.7 Å². The number of amides is 1. The number of hydrogen-bond donors (Lipinski definition) is 2. The van der Waals surface area contributed by atoms with E-state index in [1.807, 2.05) is 27.7 Å². The zero-order valence-corrected chi connectivity index (χ0v) is 8.89. The van der Waals surface area contributed by atoms with Crippen LogP contribution in [0.15, 0.2) is 0 Å². The molecule has 4 nitrogen and oxygen atoms in total. The van der Waals surface area contributed by atoms with Crippen LogP contribution < -0.4 is 11.2 Å². The summed E-state index contributed by atoms with van der Waals surface area (Å²) in [5.41, 5.74) is 7.39. The summed E-state index contributed by atoms with van der Waals surface area (Å²) in [5, 5.41) is 0. The molecule has 0 heterocycles. The van der Waals surface area contributed by atoms with Crippen LogP contribution in [0.1, 0.15) is 34.1 Å². The van der Waals surface area contributed by atoms with Crippen molar-refractivity contribution in [3.8, 4) is 0 Å². The Bertz CT molecular complexity index is 163. The number of hydrogen-bond acceptors (Lipinski definition) is 3. The van der Waals surface area contributed by atoms with Gasteiger partial charge >= 0.3 is 0 Å². The lowest BCUT2D eigenvalue weighted by Crippen LogP contribution is -2.37. The van der Waals surface area contributed by atoms with Crippen molar-refractivity contribution in [2.75, 3.05) is 6.54 Å². The normalized spacial score (nSPS) is 13.9. The molecule has 78 valence electrons. The van der Waals surface area contributed by atoms with Crippen molar-refractivity contribution in [3.63, 3.8) is 0 Å². The molecule has 0 aromatic heterocycles. The average Bonchev–Trinajstić information content (AvgIpc) is 1.99. The molecule has 13 heavy (non-hydrogen) atoms. The van der Waals surface area contributed by atoms with Gasteiger partial charge in [0, 0.05) is 5.92 Å². The maximum Gasteiger partial charge on any atom is 0.246 e. The van der Waals surface area contributed by atoms with Gasteiger partial charge in [0.15, 0.2) is 0 Å². The molecule has 0 aromatic carbocycles. The molecule has 0 spiro atoms. The molecule has 0 rings (SSSR count). The zero-order valence-electron chi connectivity index (χ0n) is 8.89. The third-order valence-corrected chi connectivity index (χ3v) is 1.51. The van der Waals surface area contributed by atoms with E-state index >= 15 is 0 Å². The average molecular weight is 188 g/mol. The van der Waals surface area contributed by atoms with Crippen LogP contribution in [0.25, 0.3) is 0 Å².